The molecule has 104 valence electrons. The van der Waals surface area contributed by atoms with Crippen LogP contribution >= 0.6 is 15.9 Å². The van der Waals surface area contributed by atoms with Gasteiger partial charge < -0.3 is 4.74 Å². The van der Waals surface area contributed by atoms with Crippen molar-refractivity contribution in [1.82, 2.24) is 9.78 Å². The Kier molecular flexibility index (Phi) is 3.61. The first-order chi connectivity index (χ1) is 9.65. The van der Waals surface area contributed by atoms with Crippen molar-refractivity contribution in [3.8, 4) is 5.88 Å². The van der Waals surface area contributed by atoms with Crippen LogP contribution in [0.5, 0.6) is 5.88 Å². The second-order valence-corrected chi connectivity index (χ2v) is 5.76. The summed E-state index contributed by atoms with van der Waals surface area (Å²) in [5, 5.41) is 4.19. The van der Waals surface area contributed by atoms with Crippen LogP contribution in [0.25, 0.3) is 0 Å². The van der Waals surface area contributed by atoms with Gasteiger partial charge in [-0.2, -0.15) is 0 Å². The van der Waals surface area contributed by atoms with Crippen LogP contribution in [-0.4, -0.2) is 14.5 Å². The van der Waals surface area contributed by atoms with Gasteiger partial charge in [-0.3, -0.25) is 9.48 Å². The van der Waals surface area contributed by atoms with Crippen LogP contribution in [0.2, 0.25) is 0 Å². The third kappa shape index (κ3) is 2.77. The highest BCUT2D eigenvalue weighted by Gasteiger charge is 2.28. The topological polar surface area (TPSA) is 44.1 Å². The molecule has 1 aliphatic rings. The highest BCUT2D eigenvalue weighted by Crippen LogP contribution is 2.42. The molecule has 1 heterocycles. The van der Waals surface area contributed by atoms with Gasteiger partial charge in [-0.05, 0) is 40.3 Å². The van der Waals surface area contributed by atoms with Crippen molar-refractivity contribution in [2.75, 3.05) is 0 Å². The van der Waals surface area contributed by atoms with Gasteiger partial charge >= 0.3 is 0 Å². The minimum Gasteiger partial charge on any atom is -0.472 e. The molecule has 20 heavy (non-hydrogen) atoms. The summed E-state index contributed by atoms with van der Waals surface area (Å²) in [5.41, 5.74) is 2.89. The lowest BCUT2D eigenvalue weighted by molar-refractivity contribution is 0.109. The maximum Gasteiger partial charge on any atom is 0.233 e. The van der Waals surface area contributed by atoms with E-state index in [1.54, 1.807) is 4.68 Å². The first-order valence-corrected chi connectivity index (χ1v) is 7.38. The largest absolute Gasteiger partial charge is 0.472 e. The van der Waals surface area contributed by atoms with Gasteiger partial charge in [0.25, 0.3) is 0 Å². The molecular formula is C15H15BrN2O2. The fraction of sp³-hybridized carbons (Fsp3) is 0.333. The van der Waals surface area contributed by atoms with E-state index in [9.17, 15) is 4.79 Å². The molecule has 0 N–H and O–H groups in total. The number of aryl methyl sites for hydroxylation is 1. The molecule has 5 heteroatoms. The van der Waals surface area contributed by atoms with Crippen LogP contribution in [0, 0.1) is 0 Å². The number of benzene rings is 1. The monoisotopic (exact) mass is 334 g/mol. The highest BCUT2D eigenvalue weighted by atomic mass is 79.9. The fourth-order valence-electron chi connectivity index (χ4n) is 2.34. The van der Waals surface area contributed by atoms with Gasteiger partial charge in [0.15, 0.2) is 0 Å². The fourth-order valence-corrected chi connectivity index (χ4v) is 2.72. The third-order valence-electron chi connectivity index (χ3n) is 3.49. The van der Waals surface area contributed by atoms with Gasteiger partial charge in [0, 0.05) is 30.4 Å². The van der Waals surface area contributed by atoms with E-state index in [2.05, 4.69) is 27.1 Å². The number of rotatable bonds is 5. The van der Waals surface area contributed by atoms with Gasteiger partial charge in [-0.1, -0.05) is 18.2 Å². The van der Waals surface area contributed by atoms with Crippen molar-refractivity contribution < 1.29 is 9.53 Å². The van der Waals surface area contributed by atoms with E-state index in [-0.39, 0.29) is 4.69 Å². The maximum atomic E-state index is 11.7. The first-order valence-electron chi connectivity index (χ1n) is 6.59. The summed E-state index contributed by atoms with van der Waals surface area (Å²) in [6.07, 6.45) is 4.21. The van der Waals surface area contributed by atoms with Gasteiger partial charge in [0.1, 0.15) is 6.61 Å². The third-order valence-corrected chi connectivity index (χ3v) is 3.92. The van der Waals surface area contributed by atoms with Crippen molar-refractivity contribution in [3.63, 3.8) is 0 Å². The molecule has 0 atom stereocenters. The summed E-state index contributed by atoms with van der Waals surface area (Å²) in [5.74, 6) is 1.15. The van der Waals surface area contributed by atoms with Crippen LogP contribution in [0.15, 0.2) is 30.5 Å². The smallest absolute Gasteiger partial charge is 0.233 e. The van der Waals surface area contributed by atoms with E-state index in [1.165, 1.54) is 18.4 Å². The normalized spacial score (nSPS) is 14.3. The Hall–Kier alpha value is -1.62. The minimum absolute atomic E-state index is 0.0976. The lowest BCUT2D eigenvalue weighted by atomic mass is 9.99. The zero-order valence-electron chi connectivity index (χ0n) is 11.2. The standard InChI is InChI=1S/C15H15BrN2O2/c1-18-8-7-14(17-18)20-9-13-11(10-5-6-10)3-2-4-12(13)15(16)19/h2-4,7-8,10H,5-6,9H2,1H3. The second kappa shape index (κ2) is 5.40. The van der Waals surface area contributed by atoms with Crippen LogP contribution in [0.4, 0.5) is 0 Å². The molecule has 0 spiro atoms. The number of halogens is 1. The average molecular weight is 335 g/mol. The number of nitrogens with zero attached hydrogens (tertiary/aromatic N) is 2. The number of hydrogen-bond acceptors (Lipinski definition) is 3. The summed E-state index contributed by atoms with van der Waals surface area (Å²) in [6.45, 7) is 0.371. The Morgan fingerprint density at radius 3 is 2.85 bits per heavy atom. The molecule has 0 radical (unpaired) electrons. The summed E-state index contributed by atoms with van der Waals surface area (Å²) in [7, 11) is 1.85. The predicted octanol–water partition coefficient (Wildman–Crippen LogP) is 3.41. The molecule has 2 aromatic rings. The number of carbonyl (C=O) groups is 1. The van der Waals surface area contributed by atoms with E-state index in [0.29, 0.717) is 24.0 Å². The van der Waals surface area contributed by atoms with E-state index in [4.69, 9.17) is 4.74 Å². The Bertz CT molecular complexity index is 647. The van der Waals surface area contributed by atoms with Crippen LogP contribution < -0.4 is 4.74 Å². The number of aromatic nitrogens is 2. The average Bonchev–Trinajstić information content (AvgIpc) is 3.19. The molecule has 4 nitrogen and oxygen atoms in total. The molecule has 1 aliphatic carbocycles. The van der Waals surface area contributed by atoms with Crippen molar-refractivity contribution in [2.45, 2.75) is 25.4 Å². The molecule has 1 aromatic carbocycles. The lowest BCUT2D eigenvalue weighted by Gasteiger charge is -2.12. The number of ether oxygens (including phenoxy) is 1. The quantitative estimate of drug-likeness (QED) is 0.787. The summed E-state index contributed by atoms with van der Waals surface area (Å²) in [4.78, 5) is 11.7. The molecule has 0 amide bonds. The van der Waals surface area contributed by atoms with Crippen molar-refractivity contribution in [2.24, 2.45) is 7.05 Å². The van der Waals surface area contributed by atoms with Gasteiger partial charge in [0.05, 0.1) is 0 Å². The predicted molar refractivity (Wildman–Crippen MR) is 79.2 cm³/mol. The van der Waals surface area contributed by atoms with Crippen LogP contribution in [-0.2, 0) is 13.7 Å². The second-order valence-electron chi connectivity index (χ2n) is 5.04. The van der Waals surface area contributed by atoms with E-state index >= 15 is 0 Å². The Morgan fingerprint density at radius 2 is 2.25 bits per heavy atom. The summed E-state index contributed by atoms with van der Waals surface area (Å²) in [6, 6.07) is 7.68. The Morgan fingerprint density at radius 1 is 1.45 bits per heavy atom. The number of carbonyl (C=O) groups excluding carboxylic acids is 1. The first kappa shape index (κ1) is 13.4. The maximum absolute atomic E-state index is 11.7. The molecule has 0 aliphatic heterocycles. The highest BCUT2D eigenvalue weighted by molar-refractivity contribution is 9.18. The molecular weight excluding hydrogens is 320 g/mol. The molecule has 3 rings (SSSR count). The molecule has 0 unspecified atom stereocenters. The van der Waals surface area contributed by atoms with E-state index in [0.717, 1.165) is 5.56 Å². The zero-order valence-corrected chi connectivity index (χ0v) is 12.8. The van der Waals surface area contributed by atoms with E-state index in [1.807, 2.05) is 31.4 Å². The van der Waals surface area contributed by atoms with Gasteiger partial charge in [-0.15, -0.1) is 5.10 Å². The summed E-state index contributed by atoms with van der Waals surface area (Å²) < 4.78 is 7.31. The van der Waals surface area contributed by atoms with Crippen LogP contribution in [0.1, 0.15) is 40.2 Å². The van der Waals surface area contributed by atoms with Crippen LogP contribution in [0.3, 0.4) is 0 Å². The minimum atomic E-state index is -0.0976. The molecule has 1 saturated carbocycles. The lowest BCUT2D eigenvalue weighted by Crippen LogP contribution is -2.06. The Labute approximate surface area is 125 Å². The van der Waals surface area contributed by atoms with Crippen molar-refractivity contribution >= 4 is 20.6 Å². The van der Waals surface area contributed by atoms with Crippen molar-refractivity contribution in [3.05, 3.63) is 47.2 Å². The zero-order chi connectivity index (χ0) is 14.1. The SMILES string of the molecule is Cn1ccc(OCc2c(C(=O)Br)cccc2C2CC2)n1. The summed E-state index contributed by atoms with van der Waals surface area (Å²) >= 11 is 3.05. The van der Waals surface area contributed by atoms with E-state index < -0.39 is 0 Å². The molecule has 0 saturated heterocycles. The molecule has 1 fully saturated rings. The molecule has 1 aromatic heterocycles. The van der Waals surface area contributed by atoms with Gasteiger partial charge in [-0.25, -0.2) is 0 Å². The number of hydrogen-bond donors (Lipinski definition) is 0. The molecule has 0 bridgehead atoms. The Balaban J connectivity index is 1.87. The van der Waals surface area contributed by atoms with Gasteiger partial charge in [0.2, 0.25) is 10.6 Å². The van der Waals surface area contributed by atoms with Crippen molar-refractivity contribution in [1.29, 1.82) is 0 Å².